The van der Waals surface area contributed by atoms with Crippen molar-refractivity contribution in [2.24, 2.45) is 0 Å². The highest BCUT2D eigenvalue weighted by molar-refractivity contribution is 7.91. The predicted octanol–water partition coefficient (Wildman–Crippen LogP) is 2.38. The first kappa shape index (κ1) is 12.9. The van der Waals surface area contributed by atoms with Gasteiger partial charge in [0.05, 0.1) is 9.79 Å². The molecule has 0 atom stereocenters. The number of rotatable bonds is 1. The number of benzene rings is 2. The molecular formula is C15H13NO3S. The molecule has 1 N–H and O–H groups in total. The van der Waals surface area contributed by atoms with Crippen LogP contribution in [0.15, 0.2) is 52.3 Å². The quantitative estimate of drug-likeness (QED) is 0.747. The van der Waals surface area contributed by atoms with Crippen LogP contribution in [-0.4, -0.2) is 14.3 Å². The zero-order valence-corrected chi connectivity index (χ0v) is 11.7. The van der Waals surface area contributed by atoms with Gasteiger partial charge in [-0.15, -0.1) is 0 Å². The molecule has 0 fully saturated rings. The smallest absolute Gasteiger partial charge is 0.221 e. The SMILES string of the molecule is CC(=O)Nc1ccc2c(c1)S(=O)(=O)c1ccccc1C2. The summed E-state index contributed by atoms with van der Waals surface area (Å²) in [5, 5.41) is 2.61. The molecule has 0 spiro atoms. The average molecular weight is 287 g/mol. The largest absolute Gasteiger partial charge is 0.326 e. The second kappa shape index (κ2) is 4.45. The van der Waals surface area contributed by atoms with Gasteiger partial charge in [0.25, 0.3) is 0 Å². The summed E-state index contributed by atoms with van der Waals surface area (Å²) in [4.78, 5) is 11.7. The van der Waals surface area contributed by atoms with Gasteiger partial charge in [-0.25, -0.2) is 8.42 Å². The van der Waals surface area contributed by atoms with Crippen molar-refractivity contribution >= 4 is 21.4 Å². The van der Waals surface area contributed by atoms with Gasteiger partial charge < -0.3 is 5.32 Å². The van der Waals surface area contributed by atoms with Gasteiger partial charge in [0.1, 0.15) is 0 Å². The van der Waals surface area contributed by atoms with Crippen LogP contribution in [-0.2, 0) is 21.1 Å². The van der Waals surface area contributed by atoms with E-state index >= 15 is 0 Å². The molecule has 3 rings (SSSR count). The van der Waals surface area contributed by atoms with Crippen LogP contribution < -0.4 is 5.32 Å². The van der Waals surface area contributed by atoms with Crippen LogP contribution in [0.5, 0.6) is 0 Å². The van der Waals surface area contributed by atoms with Crippen molar-refractivity contribution in [3.05, 3.63) is 53.6 Å². The van der Waals surface area contributed by atoms with E-state index in [9.17, 15) is 13.2 Å². The first-order valence-corrected chi connectivity index (χ1v) is 7.70. The molecule has 0 aliphatic carbocycles. The Bertz CT molecular complexity index is 810. The first-order valence-electron chi connectivity index (χ1n) is 6.22. The van der Waals surface area contributed by atoms with Crippen LogP contribution in [0.25, 0.3) is 0 Å². The topological polar surface area (TPSA) is 63.2 Å². The lowest BCUT2D eigenvalue weighted by atomic mass is 10.0. The molecule has 0 bridgehead atoms. The van der Waals surface area contributed by atoms with Gasteiger partial charge in [0.2, 0.25) is 15.7 Å². The summed E-state index contributed by atoms with van der Waals surface area (Å²) in [6, 6.07) is 12.0. The van der Waals surface area contributed by atoms with Gasteiger partial charge in [0.15, 0.2) is 0 Å². The Morgan fingerprint density at radius 1 is 1.05 bits per heavy atom. The van der Waals surface area contributed by atoms with E-state index in [2.05, 4.69) is 5.32 Å². The third kappa shape index (κ3) is 2.00. The zero-order valence-electron chi connectivity index (χ0n) is 10.9. The zero-order chi connectivity index (χ0) is 14.3. The summed E-state index contributed by atoms with van der Waals surface area (Å²) >= 11 is 0. The van der Waals surface area contributed by atoms with Gasteiger partial charge in [-0.05, 0) is 29.3 Å². The van der Waals surface area contributed by atoms with E-state index in [1.807, 2.05) is 12.1 Å². The molecule has 0 unspecified atom stereocenters. The van der Waals surface area contributed by atoms with Gasteiger partial charge in [-0.3, -0.25) is 4.79 Å². The fourth-order valence-electron chi connectivity index (χ4n) is 2.47. The number of hydrogen-bond acceptors (Lipinski definition) is 3. The van der Waals surface area contributed by atoms with Crippen LogP contribution in [0.1, 0.15) is 18.1 Å². The molecule has 102 valence electrons. The van der Waals surface area contributed by atoms with Crippen LogP contribution in [0, 0.1) is 0 Å². The number of fused-ring (bicyclic) bond motifs is 2. The van der Waals surface area contributed by atoms with Crippen molar-refractivity contribution in [1.29, 1.82) is 0 Å². The maximum Gasteiger partial charge on any atom is 0.221 e. The summed E-state index contributed by atoms with van der Waals surface area (Å²) in [6.45, 7) is 1.39. The van der Waals surface area contributed by atoms with E-state index in [1.54, 1.807) is 24.3 Å². The number of sulfone groups is 1. The monoisotopic (exact) mass is 287 g/mol. The van der Waals surface area contributed by atoms with Gasteiger partial charge in [0, 0.05) is 19.0 Å². The van der Waals surface area contributed by atoms with Gasteiger partial charge in [-0.1, -0.05) is 24.3 Å². The summed E-state index contributed by atoms with van der Waals surface area (Å²) in [7, 11) is -3.51. The lowest BCUT2D eigenvalue weighted by Crippen LogP contribution is -2.15. The van der Waals surface area contributed by atoms with Crippen molar-refractivity contribution in [2.75, 3.05) is 5.32 Å². The molecule has 0 radical (unpaired) electrons. The summed E-state index contributed by atoms with van der Waals surface area (Å²) in [5.74, 6) is -0.224. The lowest BCUT2D eigenvalue weighted by molar-refractivity contribution is -0.114. The molecule has 0 aromatic heterocycles. The van der Waals surface area contributed by atoms with Crippen LogP contribution in [0.2, 0.25) is 0 Å². The Morgan fingerprint density at radius 2 is 1.75 bits per heavy atom. The predicted molar refractivity (Wildman–Crippen MR) is 75.4 cm³/mol. The molecule has 20 heavy (non-hydrogen) atoms. The molecule has 2 aromatic rings. The third-order valence-electron chi connectivity index (χ3n) is 3.32. The van der Waals surface area contributed by atoms with Crippen LogP contribution in [0.4, 0.5) is 5.69 Å². The molecule has 0 saturated carbocycles. The van der Waals surface area contributed by atoms with Gasteiger partial charge >= 0.3 is 0 Å². The second-order valence-corrected chi connectivity index (χ2v) is 6.68. The minimum atomic E-state index is -3.51. The van der Waals surface area contributed by atoms with Crippen molar-refractivity contribution < 1.29 is 13.2 Å². The van der Waals surface area contributed by atoms with E-state index in [4.69, 9.17) is 0 Å². The van der Waals surface area contributed by atoms with Crippen molar-refractivity contribution in [2.45, 2.75) is 23.1 Å². The molecule has 5 heteroatoms. The number of anilines is 1. The maximum atomic E-state index is 12.6. The summed E-state index contributed by atoms with van der Waals surface area (Å²) < 4.78 is 25.2. The molecule has 1 aliphatic heterocycles. The fourth-order valence-corrected chi connectivity index (χ4v) is 4.21. The molecule has 1 aliphatic rings. The molecule has 4 nitrogen and oxygen atoms in total. The van der Waals surface area contributed by atoms with Crippen LogP contribution in [0.3, 0.4) is 0 Å². The number of nitrogens with one attached hydrogen (secondary N) is 1. The number of carbonyl (C=O) groups is 1. The third-order valence-corrected chi connectivity index (χ3v) is 5.26. The Balaban J connectivity index is 2.18. The standard InChI is InChI=1S/C15H13NO3S/c1-10(17)16-13-7-6-12-8-11-4-2-3-5-14(11)20(18,19)15(12)9-13/h2-7,9H,8H2,1H3,(H,16,17). The van der Waals surface area contributed by atoms with E-state index in [1.165, 1.54) is 13.0 Å². The van der Waals surface area contributed by atoms with E-state index < -0.39 is 9.84 Å². The van der Waals surface area contributed by atoms with E-state index in [0.29, 0.717) is 17.0 Å². The maximum absolute atomic E-state index is 12.6. The second-order valence-electron chi connectivity index (χ2n) is 4.79. The van der Waals surface area contributed by atoms with Gasteiger partial charge in [-0.2, -0.15) is 0 Å². The Hall–Kier alpha value is -2.14. The molecule has 1 heterocycles. The van der Waals surface area contributed by atoms with Crippen molar-refractivity contribution in [3.63, 3.8) is 0 Å². The number of amides is 1. The van der Waals surface area contributed by atoms with Crippen LogP contribution >= 0.6 is 0 Å². The van der Waals surface area contributed by atoms with Crippen molar-refractivity contribution in [1.82, 2.24) is 0 Å². The molecule has 1 amide bonds. The van der Waals surface area contributed by atoms with E-state index in [-0.39, 0.29) is 10.8 Å². The minimum Gasteiger partial charge on any atom is -0.326 e. The normalized spacial score (nSPS) is 15.1. The first-order chi connectivity index (χ1) is 9.48. The fraction of sp³-hybridized carbons (Fsp3) is 0.133. The molecule has 0 saturated heterocycles. The highest BCUT2D eigenvalue weighted by Crippen LogP contribution is 2.35. The Kier molecular flexibility index (Phi) is 2.87. The molecule has 2 aromatic carbocycles. The Morgan fingerprint density at radius 3 is 2.50 bits per heavy atom. The average Bonchev–Trinajstić information content (AvgIpc) is 2.39. The molecular weight excluding hydrogens is 274 g/mol. The highest BCUT2D eigenvalue weighted by Gasteiger charge is 2.29. The van der Waals surface area contributed by atoms with Crippen molar-refractivity contribution in [3.8, 4) is 0 Å². The Labute approximate surface area is 117 Å². The summed E-state index contributed by atoms with van der Waals surface area (Å²) in [6.07, 6.45) is 0.588. The number of carbonyl (C=O) groups excluding carboxylic acids is 1. The minimum absolute atomic E-state index is 0.224. The summed E-state index contributed by atoms with van der Waals surface area (Å²) in [5.41, 5.74) is 2.07. The van der Waals surface area contributed by atoms with E-state index in [0.717, 1.165) is 11.1 Å². The number of hydrogen-bond donors (Lipinski definition) is 1. The highest BCUT2D eigenvalue weighted by atomic mass is 32.2. The lowest BCUT2D eigenvalue weighted by Gasteiger charge is -2.20.